The lowest BCUT2D eigenvalue weighted by Crippen LogP contribution is -2.13. The first-order valence-corrected chi connectivity index (χ1v) is 7.20. The Hall–Kier alpha value is -1.13. The van der Waals surface area contributed by atoms with Crippen LogP contribution in [0.2, 0.25) is 0 Å². The van der Waals surface area contributed by atoms with E-state index in [9.17, 15) is 4.79 Å². The molecule has 0 aliphatic carbocycles. The monoisotopic (exact) mass is 321 g/mol. The van der Waals surface area contributed by atoms with Gasteiger partial charge in [-0.05, 0) is 31.2 Å². The summed E-state index contributed by atoms with van der Waals surface area (Å²) in [7, 11) is 0. The van der Waals surface area contributed by atoms with E-state index in [-0.39, 0.29) is 11.0 Å². The lowest BCUT2D eigenvalue weighted by atomic mass is 10.1. The lowest BCUT2D eigenvalue weighted by molar-refractivity contribution is 0.0994. The third-order valence-corrected chi connectivity index (χ3v) is 4.10. The standard InChI is InChI=1S/C14H12BrNOS/c1-10(18-13-6-8-16-9-7-13)14(17)11-2-4-12(15)5-3-11/h2-10H,1H3. The number of thioether (sulfide) groups is 1. The Labute approximate surface area is 119 Å². The molecule has 0 fully saturated rings. The number of nitrogens with zero attached hydrogens (tertiary/aromatic N) is 1. The van der Waals surface area contributed by atoms with Gasteiger partial charge in [-0.3, -0.25) is 9.78 Å². The molecule has 0 N–H and O–H groups in total. The van der Waals surface area contributed by atoms with Crippen LogP contribution in [0.3, 0.4) is 0 Å². The Balaban J connectivity index is 2.07. The first-order valence-electron chi connectivity index (χ1n) is 5.53. The van der Waals surface area contributed by atoms with Crippen molar-refractivity contribution in [1.82, 2.24) is 4.98 Å². The van der Waals surface area contributed by atoms with Crippen LogP contribution in [-0.2, 0) is 0 Å². The number of carbonyl (C=O) groups is 1. The normalized spacial score (nSPS) is 12.1. The van der Waals surface area contributed by atoms with Crippen LogP contribution in [0.5, 0.6) is 0 Å². The number of hydrogen-bond acceptors (Lipinski definition) is 3. The third-order valence-electron chi connectivity index (χ3n) is 2.46. The van der Waals surface area contributed by atoms with E-state index < -0.39 is 0 Å². The zero-order valence-corrected chi connectivity index (χ0v) is 12.2. The number of Topliss-reactive ketones (excluding diaryl/α,β-unsaturated/α-hetero) is 1. The van der Waals surface area contributed by atoms with E-state index in [1.807, 2.05) is 43.3 Å². The van der Waals surface area contributed by atoms with Gasteiger partial charge in [0.1, 0.15) is 0 Å². The van der Waals surface area contributed by atoms with Gasteiger partial charge in [-0.25, -0.2) is 0 Å². The molecule has 0 radical (unpaired) electrons. The predicted molar refractivity (Wildman–Crippen MR) is 78.0 cm³/mol. The SMILES string of the molecule is CC(Sc1ccncc1)C(=O)c1ccc(Br)cc1. The number of benzene rings is 1. The van der Waals surface area contributed by atoms with Crippen molar-refractivity contribution in [3.63, 3.8) is 0 Å². The first kappa shape index (κ1) is 13.3. The van der Waals surface area contributed by atoms with Crippen molar-refractivity contribution < 1.29 is 4.79 Å². The van der Waals surface area contributed by atoms with Crippen molar-refractivity contribution in [2.45, 2.75) is 17.1 Å². The summed E-state index contributed by atoms with van der Waals surface area (Å²) in [6.07, 6.45) is 3.47. The van der Waals surface area contributed by atoms with Gasteiger partial charge >= 0.3 is 0 Å². The van der Waals surface area contributed by atoms with Crippen molar-refractivity contribution in [2.75, 3.05) is 0 Å². The first-order chi connectivity index (χ1) is 8.66. The number of rotatable bonds is 4. The molecule has 0 spiro atoms. The number of hydrogen-bond donors (Lipinski definition) is 0. The van der Waals surface area contributed by atoms with Gasteiger partial charge in [0.05, 0.1) is 5.25 Å². The van der Waals surface area contributed by atoms with E-state index in [2.05, 4.69) is 20.9 Å². The summed E-state index contributed by atoms with van der Waals surface area (Å²) in [6, 6.07) is 11.3. The van der Waals surface area contributed by atoms with Crippen LogP contribution in [0.1, 0.15) is 17.3 Å². The molecule has 1 aromatic heterocycles. The molecule has 1 heterocycles. The molecule has 0 saturated carbocycles. The Morgan fingerprint density at radius 2 is 1.78 bits per heavy atom. The summed E-state index contributed by atoms with van der Waals surface area (Å²) in [4.78, 5) is 17.2. The van der Waals surface area contributed by atoms with E-state index in [4.69, 9.17) is 0 Å². The molecule has 0 bridgehead atoms. The second-order valence-electron chi connectivity index (χ2n) is 3.81. The number of halogens is 1. The van der Waals surface area contributed by atoms with Gasteiger partial charge < -0.3 is 0 Å². The number of pyridine rings is 1. The smallest absolute Gasteiger partial charge is 0.175 e. The van der Waals surface area contributed by atoms with E-state index in [1.165, 1.54) is 0 Å². The molecule has 1 unspecified atom stereocenters. The molecule has 2 nitrogen and oxygen atoms in total. The molecule has 2 rings (SSSR count). The molecule has 0 saturated heterocycles. The van der Waals surface area contributed by atoms with Crippen molar-refractivity contribution >= 4 is 33.5 Å². The summed E-state index contributed by atoms with van der Waals surface area (Å²) in [5.41, 5.74) is 0.743. The van der Waals surface area contributed by atoms with E-state index >= 15 is 0 Å². The molecule has 1 atom stereocenters. The minimum Gasteiger partial charge on any atom is -0.293 e. The Kier molecular flexibility index (Phi) is 4.55. The van der Waals surface area contributed by atoms with Crippen LogP contribution >= 0.6 is 27.7 Å². The van der Waals surface area contributed by atoms with Crippen molar-refractivity contribution in [3.8, 4) is 0 Å². The Morgan fingerprint density at radius 3 is 2.39 bits per heavy atom. The number of aromatic nitrogens is 1. The molecular weight excluding hydrogens is 310 g/mol. The second-order valence-corrected chi connectivity index (χ2v) is 6.14. The molecule has 1 aromatic carbocycles. The predicted octanol–water partition coefficient (Wildman–Crippen LogP) is 4.21. The van der Waals surface area contributed by atoms with Crippen molar-refractivity contribution in [3.05, 3.63) is 58.8 Å². The summed E-state index contributed by atoms with van der Waals surface area (Å²) >= 11 is 4.91. The van der Waals surface area contributed by atoms with Crippen LogP contribution < -0.4 is 0 Å². The highest BCUT2D eigenvalue weighted by atomic mass is 79.9. The van der Waals surface area contributed by atoms with E-state index in [0.717, 1.165) is 14.9 Å². The second kappa shape index (κ2) is 6.16. The van der Waals surface area contributed by atoms with Crippen LogP contribution in [0.15, 0.2) is 58.2 Å². The van der Waals surface area contributed by atoms with E-state index in [1.54, 1.807) is 24.2 Å². The fraction of sp³-hybridized carbons (Fsp3) is 0.143. The Morgan fingerprint density at radius 1 is 1.17 bits per heavy atom. The molecule has 18 heavy (non-hydrogen) atoms. The third kappa shape index (κ3) is 3.43. The lowest BCUT2D eigenvalue weighted by Gasteiger charge is -2.10. The van der Waals surface area contributed by atoms with Crippen molar-refractivity contribution in [1.29, 1.82) is 0 Å². The number of ketones is 1. The van der Waals surface area contributed by atoms with Crippen LogP contribution in [0.25, 0.3) is 0 Å². The maximum Gasteiger partial charge on any atom is 0.175 e. The fourth-order valence-electron chi connectivity index (χ4n) is 1.52. The fourth-order valence-corrected chi connectivity index (χ4v) is 2.72. The maximum atomic E-state index is 12.2. The van der Waals surface area contributed by atoms with Gasteiger partial charge in [-0.2, -0.15) is 0 Å². The molecular formula is C14H12BrNOS. The highest BCUT2D eigenvalue weighted by molar-refractivity contribution is 9.10. The van der Waals surface area contributed by atoms with Gasteiger partial charge in [-0.1, -0.05) is 28.1 Å². The van der Waals surface area contributed by atoms with Crippen LogP contribution in [0.4, 0.5) is 0 Å². The van der Waals surface area contributed by atoms with Gasteiger partial charge in [0.25, 0.3) is 0 Å². The molecule has 0 aliphatic heterocycles. The largest absolute Gasteiger partial charge is 0.293 e. The summed E-state index contributed by atoms with van der Waals surface area (Å²) < 4.78 is 0.980. The quantitative estimate of drug-likeness (QED) is 0.624. The zero-order chi connectivity index (χ0) is 13.0. The van der Waals surface area contributed by atoms with Gasteiger partial charge in [0.2, 0.25) is 0 Å². The Bertz CT molecular complexity index is 527. The van der Waals surface area contributed by atoms with Gasteiger partial charge in [0, 0.05) is 27.3 Å². The topological polar surface area (TPSA) is 30.0 Å². The van der Waals surface area contributed by atoms with Crippen LogP contribution in [0, 0.1) is 0 Å². The van der Waals surface area contributed by atoms with Crippen LogP contribution in [-0.4, -0.2) is 16.0 Å². The maximum absolute atomic E-state index is 12.2. The van der Waals surface area contributed by atoms with Crippen molar-refractivity contribution in [2.24, 2.45) is 0 Å². The minimum absolute atomic E-state index is 0.103. The summed E-state index contributed by atoms with van der Waals surface area (Å²) in [5.74, 6) is 0.143. The highest BCUT2D eigenvalue weighted by Crippen LogP contribution is 2.25. The molecule has 0 aliphatic rings. The minimum atomic E-state index is -0.103. The average molecular weight is 322 g/mol. The van der Waals surface area contributed by atoms with E-state index in [0.29, 0.717) is 0 Å². The number of carbonyl (C=O) groups excluding carboxylic acids is 1. The highest BCUT2D eigenvalue weighted by Gasteiger charge is 2.16. The van der Waals surface area contributed by atoms with Gasteiger partial charge in [0.15, 0.2) is 5.78 Å². The average Bonchev–Trinajstić information content (AvgIpc) is 2.40. The molecule has 0 amide bonds. The zero-order valence-electron chi connectivity index (χ0n) is 9.84. The molecule has 4 heteroatoms. The molecule has 92 valence electrons. The summed E-state index contributed by atoms with van der Waals surface area (Å²) in [6.45, 7) is 1.93. The van der Waals surface area contributed by atoms with Gasteiger partial charge in [-0.15, -0.1) is 11.8 Å². The molecule has 2 aromatic rings. The summed E-state index contributed by atoms with van der Waals surface area (Å²) in [5, 5.41) is -0.103.